The van der Waals surface area contributed by atoms with Crippen molar-refractivity contribution in [2.24, 2.45) is 4.99 Å². The van der Waals surface area contributed by atoms with Gasteiger partial charge in [0.25, 0.3) is 0 Å². The van der Waals surface area contributed by atoms with Crippen LogP contribution in [0.1, 0.15) is 24.4 Å². The first-order valence-electron chi connectivity index (χ1n) is 8.18. The van der Waals surface area contributed by atoms with Gasteiger partial charge in [0.1, 0.15) is 5.82 Å². The molecule has 2 N–H and O–H groups in total. The van der Waals surface area contributed by atoms with Crippen molar-refractivity contribution in [3.05, 3.63) is 65.1 Å². The zero-order valence-corrected chi connectivity index (χ0v) is 17.8. The molecule has 3 aromatic rings. The molecule has 1 aromatic carbocycles. The molecule has 0 bridgehead atoms. The van der Waals surface area contributed by atoms with E-state index in [1.807, 2.05) is 53.1 Å². The third-order valence-electron chi connectivity index (χ3n) is 3.97. The molecule has 2 aromatic heterocycles. The molecule has 1 atom stereocenters. The lowest BCUT2D eigenvalue weighted by Gasteiger charge is -2.18. The maximum atomic E-state index is 5.94. The van der Waals surface area contributed by atoms with Crippen LogP contribution in [0.3, 0.4) is 0 Å². The lowest BCUT2D eigenvalue weighted by Crippen LogP contribution is -2.39. The molecule has 2 heterocycles. The van der Waals surface area contributed by atoms with Crippen molar-refractivity contribution in [3.63, 3.8) is 0 Å². The van der Waals surface area contributed by atoms with Gasteiger partial charge in [0, 0.05) is 31.2 Å². The van der Waals surface area contributed by atoms with Crippen molar-refractivity contribution in [1.29, 1.82) is 0 Å². The zero-order chi connectivity index (χ0) is 17.6. The summed E-state index contributed by atoms with van der Waals surface area (Å²) in [5, 5.41) is 15.8. The number of hydrogen-bond donors (Lipinski definition) is 2. The molecule has 0 spiro atoms. The van der Waals surface area contributed by atoms with Gasteiger partial charge >= 0.3 is 0 Å². The highest BCUT2D eigenvalue weighted by atomic mass is 127. The molecule has 0 saturated heterocycles. The Morgan fingerprint density at radius 3 is 2.69 bits per heavy atom. The second kappa shape index (κ2) is 9.72. The summed E-state index contributed by atoms with van der Waals surface area (Å²) < 4.78 is 1.99. The van der Waals surface area contributed by atoms with Crippen LogP contribution in [0, 0.1) is 0 Å². The van der Waals surface area contributed by atoms with E-state index >= 15 is 0 Å². The summed E-state index contributed by atoms with van der Waals surface area (Å²) in [5.74, 6) is 1.67. The largest absolute Gasteiger partial charge is 0.356 e. The topological polar surface area (TPSA) is 66.6 Å². The summed E-state index contributed by atoms with van der Waals surface area (Å²) in [6.45, 7) is 2.80. The van der Waals surface area contributed by atoms with Crippen LogP contribution in [0.2, 0.25) is 5.02 Å². The van der Waals surface area contributed by atoms with Gasteiger partial charge in [-0.3, -0.25) is 9.39 Å². The van der Waals surface area contributed by atoms with Crippen LogP contribution in [0.25, 0.3) is 5.65 Å². The molecule has 0 fully saturated rings. The van der Waals surface area contributed by atoms with Crippen molar-refractivity contribution in [1.82, 2.24) is 25.2 Å². The number of hydrogen-bond acceptors (Lipinski definition) is 3. The molecule has 0 radical (unpaired) electrons. The molecule has 6 nitrogen and oxygen atoms in total. The zero-order valence-electron chi connectivity index (χ0n) is 14.7. The Balaban J connectivity index is 0.00000243. The van der Waals surface area contributed by atoms with E-state index < -0.39 is 0 Å². The summed E-state index contributed by atoms with van der Waals surface area (Å²) >= 11 is 5.94. The van der Waals surface area contributed by atoms with Crippen molar-refractivity contribution < 1.29 is 0 Å². The van der Waals surface area contributed by atoms with Crippen LogP contribution in [0.4, 0.5) is 0 Å². The van der Waals surface area contributed by atoms with Gasteiger partial charge in [-0.15, -0.1) is 34.2 Å². The van der Waals surface area contributed by atoms with E-state index in [2.05, 4.69) is 32.7 Å². The number of nitrogens with zero attached hydrogens (tertiary/aromatic N) is 4. The molecular formula is C18H22ClIN6. The quantitative estimate of drug-likeness (QED) is 0.331. The van der Waals surface area contributed by atoms with Crippen LogP contribution in [-0.4, -0.2) is 34.2 Å². The van der Waals surface area contributed by atoms with Crippen molar-refractivity contribution in [3.8, 4) is 0 Å². The van der Waals surface area contributed by atoms with Crippen molar-refractivity contribution in [2.75, 3.05) is 13.6 Å². The molecule has 0 aliphatic heterocycles. The van der Waals surface area contributed by atoms with E-state index in [4.69, 9.17) is 11.6 Å². The minimum atomic E-state index is 0. The molecule has 1 unspecified atom stereocenters. The molecule has 138 valence electrons. The monoisotopic (exact) mass is 484 g/mol. The molecule has 8 heteroatoms. The number of benzene rings is 1. The Morgan fingerprint density at radius 2 is 1.96 bits per heavy atom. The predicted molar refractivity (Wildman–Crippen MR) is 116 cm³/mol. The Kier molecular flexibility index (Phi) is 7.65. The molecular weight excluding hydrogens is 463 g/mol. The van der Waals surface area contributed by atoms with Gasteiger partial charge in [-0.25, -0.2) is 0 Å². The Morgan fingerprint density at radius 1 is 1.19 bits per heavy atom. The van der Waals surface area contributed by atoms with Gasteiger partial charge in [0.2, 0.25) is 0 Å². The van der Waals surface area contributed by atoms with Gasteiger partial charge < -0.3 is 10.6 Å². The lowest BCUT2D eigenvalue weighted by atomic mass is 10.1. The average Bonchev–Trinajstić information content (AvgIpc) is 3.04. The SMILES string of the molecule is CN=C(NCCc1nnc2ccccn12)NC(C)c1ccc(Cl)cc1.I. The Hall–Kier alpha value is -1.87. The van der Waals surface area contributed by atoms with E-state index in [1.165, 1.54) is 0 Å². The number of halogens is 2. The standard InChI is InChI=1S/C18H21ClN6.HI/c1-13(14-6-8-15(19)9-7-14)22-18(20-2)21-11-10-17-24-23-16-5-3-4-12-25(16)17;/h3-9,12-13H,10-11H2,1-2H3,(H2,20,21,22);1H. The number of pyridine rings is 1. The third-order valence-corrected chi connectivity index (χ3v) is 4.22. The number of guanidine groups is 1. The predicted octanol–water partition coefficient (Wildman–Crippen LogP) is 3.47. The molecule has 0 amide bonds. The van der Waals surface area contributed by atoms with Crippen LogP contribution in [0.15, 0.2) is 53.7 Å². The van der Waals surface area contributed by atoms with Gasteiger partial charge in [0.05, 0.1) is 6.04 Å². The van der Waals surface area contributed by atoms with Crippen molar-refractivity contribution in [2.45, 2.75) is 19.4 Å². The summed E-state index contributed by atoms with van der Waals surface area (Å²) in [6, 6.07) is 13.8. The highest BCUT2D eigenvalue weighted by Crippen LogP contribution is 2.15. The molecule has 26 heavy (non-hydrogen) atoms. The van der Waals surface area contributed by atoms with E-state index in [1.54, 1.807) is 7.05 Å². The van der Waals surface area contributed by atoms with Gasteiger partial charge in [0.15, 0.2) is 11.6 Å². The number of fused-ring (bicyclic) bond motifs is 1. The van der Waals surface area contributed by atoms with Gasteiger partial charge in [-0.2, -0.15) is 0 Å². The second-order valence-corrected chi connectivity index (χ2v) is 6.15. The summed E-state index contributed by atoms with van der Waals surface area (Å²) in [7, 11) is 1.76. The Bertz CT molecular complexity index is 862. The fourth-order valence-electron chi connectivity index (χ4n) is 2.59. The molecule has 3 rings (SSSR count). The summed E-state index contributed by atoms with van der Waals surface area (Å²) in [6.07, 6.45) is 2.72. The fraction of sp³-hybridized carbons (Fsp3) is 0.278. The maximum absolute atomic E-state index is 5.94. The number of nitrogens with one attached hydrogen (secondary N) is 2. The van der Waals surface area contributed by atoms with Gasteiger partial charge in [-0.1, -0.05) is 29.8 Å². The molecule has 0 saturated carbocycles. The normalized spacial score (nSPS) is 12.5. The minimum Gasteiger partial charge on any atom is -0.356 e. The fourth-order valence-corrected chi connectivity index (χ4v) is 2.71. The first kappa shape index (κ1) is 20.4. The second-order valence-electron chi connectivity index (χ2n) is 5.71. The number of aliphatic imine (C=N–C) groups is 1. The Labute approximate surface area is 175 Å². The first-order chi connectivity index (χ1) is 12.2. The third kappa shape index (κ3) is 5.07. The van der Waals surface area contributed by atoms with E-state index in [0.29, 0.717) is 6.54 Å². The minimum absolute atomic E-state index is 0. The lowest BCUT2D eigenvalue weighted by molar-refractivity contribution is 0.679. The van der Waals surface area contributed by atoms with Crippen LogP contribution in [0.5, 0.6) is 0 Å². The van der Waals surface area contributed by atoms with E-state index in [9.17, 15) is 0 Å². The summed E-state index contributed by atoms with van der Waals surface area (Å²) in [5.41, 5.74) is 2.01. The van der Waals surface area contributed by atoms with Crippen LogP contribution in [-0.2, 0) is 6.42 Å². The van der Waals surface area contributed by atoms with Gasteiger partial charge in [-0.05, 0) is 36.8 Å². The van der Waals surface area contributed by atoms with Crippen LogP contribution >= 0.6 is 35.6 Å². The van der Waals surface area contributed by atoms with E-state index in [0.717, 1.165) is 34.4 Å². The first-order valence-corrected chi connectivity index (χ1v) is 8.56. The smallest absolute Gasteiger partial charge is 0.191 e. The highest BCUT2D eigenvalue weighted by molar-refractivity contribution is 14.0. The number of aromatic nitrogens is 3. The summed E-state index contributed by atoms with van der Waals surface area (Å²) in [4.78, 5) is 4.28. The number of rotatable bonds is 5. The molecule has 0 aliphatic rings. The van der Waals surface area contributed by atoms with E-state index in [-0.39, 0.29) is 30.0 Å². The maximum Gasteiger partial charge on any atom is 0.191 e. The highest BCUT2D eigenvalue weighted by Gasteiger charge is 2.09. The average molecular weight is 485 g/mol. The molecule has 0 aliphatic carbocycles. The van der Waals surface area contributed by atoms with Crippen LogP contribution < -0.4 is 10.6 Å². The van der Waals surface area contributed by atoms with Crippen molar-refractivity contribution >= 4 is 47.2 Å².